The highest BCUT2D eigenvalue weighted by Gasteiger charge is 2.12. The Morgan fingerprint density at radius 2 is 2.00 bits per heavy atom. The summed E-state index contributed by atoms with van der Waals surface area (Å²) in [4.78, 5) is 24.3. The molecule has 0 fully saturated rings. The number of nitrogens with zero attached hydrogens (tertiary/aromatic N) is 1. The number of carbonyl (C=O) groups excluding carboxylic acids is 1. The molecule has 0 saturated carbocycles. The topological polar surface area (TPSA) is 80.6 Å². The lowest BCUT2D eigenvalue weighted by Gasteiger charge is -2.11. The molecule has 1 amide bonds. The third kappa shape index (κ3) is 4.31. The van der Waals surface area contributed by atoms with E-state index in [9.17, 15) is 9.59 Å². The van der Waals surface area contributed by atoms with E-state index in [1.165, 1.54) is 16.8 Å². The minimum atomic E-state index is -0.442. The molecule has 0 unspecified atom stereocenters. The van der Waals surface area contributed by atoms with E-state index < -0.39 is 5.91 Å². The lowest BCUT2D eigenvalue weighted by molar-refractivity contribution is -0.116. The quantitative estimate of drug-likeness (QED) is 0.778. The van der Waals surface area contributed by atoms with E-state index in [0.717, 1.165) is 5.56 Å². The SMILES string of the molecule is COc1ccc(C=C(C(=O)NCCO)n2ccccc2=O)cc1. The second-order valence-electron chi connectivity index (χ2n) is 4.69. The number of hydrogen-bond donors (Lipinski definition) is 2. The zero-order valence-electron chi connectivity index (χ0n) is 12.7. The Balaban J connectivity index is 2.43. The highest BCUT2D eigenvalue weighted by molar-refractivity contribution is 6.18. The molecular weight excluding hydrogens is 296 g/mol. The van der Waals surface area contributed by atoms with Crippen molar-refractivity contribution in [2.45, 2.75) is 0 Å². The Morgan fingerprint density at radius 3 is 2.61 bits per heavy atom. The maximum absolute atomic E-state index is 12.3. The lowest BCUT2D eigenvalue weighted by atomic mass is 10.1. The normalized spacial score (nSPS) is 11.1. The number of aliphatic hydroxyl groups is 1. The Hall–Kier alpha value is -2.86. The molecule has 0 bridgehead atoms. The first-order chi connectivity index (χ1) is 11.2. The van der Waals surface area contributed by atoms with Gasteiger partial charge in [-0.05, 0) is 29.8 Å². The van der Waals surface area contributed by atoms with Gasteiger partial charge in [0.1, 0.15) is 11.4 Å². The summed E-state index contributed by atoms with van der Waals surface area (Å²) in [6, 6.07) is 11.8. The van der Waals surface area contributed by atoms with E-state index in [4.69, 9.17) is 9.84 Å². The highest BCUT2D eigenvalue weighted by Crippen LogP contribution is 2.15. The van der Waals surface area contributed by atoms with Crippen LogP contribution in [0.3, 0.4) is 0 Å². The summed E-state index contributed by atoms with van der Waals surface area (Å²) in [5.74, 6) is 0.258. The predicted octanol–water partition coefficient (Wildman–Crippen LogP) is 0.963. The second-order valence-corrected chi connectivity index (χ2v) is 4.69. The molecule has 0 radical (unpaired) electrons. The van der Waals surface area contributed by atoms with Gasteiger partial charge in [0, 0.05) is 18.8 Å². The van der Waals surface area contributed by atoms with Crippen LogP contribution in [0, 0.1) is 0 Å². The van der Waals surface area contributed by atoms with Crippen molar-refractivity contribution >= 4 is 17.7 Å². The average molecular weight is 314 g/mol. The third-order valence-corrected chi connectivity index (χ3v) is 3.13. The van der Waals surface area contributed by atoms with Crippen molar-refractivity contribution < 1.29 is 14.6 Å². The second kappa shape index (κ2) is 7.95. The number of amides is 1. The number of pyridine rings is 1. The van der Waals surface area contributed by atoms with Gasteiger partial charge in [0.15, 0.2) is 0 Å². The highest BCUT2D eigenvalue weighted by atomic mass is 16.5. The molecular formula is C17H18N2O4. The van der Waals surface area contributed by atoms with Crippen LogP contribution in [-0.4, -0.2) is 35.8 Å². The molecule has 2 aromatic rings. The number of benzene rings is 1. The summed E-state index contributed by atoms with van der Waals surface area (Å²) < 4.78 is 6.36. The molecule has 6 nitrogen and oxygen atoms in total. The van der Waals surface area contributed by atoms with E-state index in [1.807, 2.05) is 0 Å². The van der Waals surface area contributed by atoms with Crippen LogP contribution < -0.4 is 15.6 Å². The Morgan fingerprint density at radius 1 is 1.26 bits per heavy atom. The van der Waals surface area contributed by atoms with Crippen LogP contribution >= 0.6 is 0 Å². The number of ether oxygens (including phenoxy) is 1. The van der Waals surface area contributed by atoms with Gasteiger partial charge < -0.3 is 15.2 Å². The van der Waals surface area contributed by atoms with Crippen LogP contribution in [0.2, 0.25) is 0 Å². The molecule has 23 heavy (non-hydrogen) atoms. The van der Waals surface area contributed by atoms with Gasteiger partial charge in [0.05, 0.1) is 13.7 Å². The third-order valence-electron chi connectivity index (χ3n) is 3.13. The fourth-order valence-corrected chi connectivity index (χ4v) is 1.99. The fraction of sp³-hybridized carbons (Fsp3) is 0.176. The number of aromatic nitrogens is 1. The molecule has 2 rings (SSSR count). The fourth-order valence-electron chi connectivity index (χ4n) is 1.99. The van der Waals surface area contributed by atoms with Gasteiger partial charge in [-0.3, -0.25) is 14.2 Å². The van der Waals surface area contributed by atoms with E-state index in [2.05, 4.69) is 5.32 Å². The number of methoxy groups -OCH3 is 1. The van der Waals surface area contributed by atoms with Gasteiger partial charge in [-0.15, -0.1) is 0 Å². The molecule has 0 spiro atoms. The minimum Gasteiger partial charge on any atom is -0.497 e. The molecule has 1 aromatic carbocycles. The molecule has 2 N–H and O–H groups in total. The first-order valence-electron chi connectivity index (χ1n) is 7.08. The smallest absolute Gasteiger partial charge is 0.268 e. The predicted molar refractivity (Wildman–Crippen MR) is 88.0 cm³/mol. The van der Waals surface area contributed by atoms with Crippen LogP contribution in [0.15, 0.2) is 53.5 Å². The monoisotopic (exact) mass is 314 g/mol. The zero-order valence-corrected chi connectivity index (χ0v) is 12.7. The molecule has 1 heterocycles. The molecule has 0 aliphatic carbocycles. The molecule has 120 valence electrons. The Kier molecular flexibility index (Phi) is 5.71. The van der Waals surface area contributed by atoms with E-state index >= 15 is 0 Å². The number of carbonyl (C=O) groups is 1. The molecule has 0 saturated heterocycles. The molecule has 0 aliphatic heterocycles. The summed E-state index contributed by atoms with van der Waals surface area (Å²) in [7, 11) is 1.57. The van der Waals surface area contributed by atoms with Gasteiger partial charge in [0.25, 0.3) is 11.5 Å². The molecule has 0 atom stereocenters. The van der Waals surface area contributed by atoms with Crippen molar-refractivity contribution in [3.8, 4) is 5.75 Å². The number of hydrogen-bond acceptors (Lipinski definition) is 4. The molecule has 0 aliphatic rings. The van der Waals surface area contributed by atoms with Crippen molar-refractivity contribution in [2.24, 2.45) is 0 Å². The number of nitrogens with one attached hydrogen (secondary N) is 1. The summed E-state index contributed by atoms with van der Waals surface area (Å²) in [6.45, 7) is -0.0639. The van der Waals surface area contributed by atoms with Gasteiger partial charge in [0.2, 0.25) is 0 Å². The summed E-state index contributed by atoms with van der Waals surface area (Å²) in [5, 5.41) is 11.4. The first kappa shape index (κ1) is 16.5. The van der Waals surface area contributed by atoms with Crippen LogP contribution in [0.1, 0.15) is 5.56 Å². The van der Waals surface area contributed by atoms with E-state index in [-0.39, 0.29) is 24.4 Å². The van der Waals surface area contributed by atoms with E-state index in [0.29, 0.717) is 5.75 Å². The largest absolute Gasteiger partial charge is 0.497 e. The minimum absolute atomic E-state index is 0.111. The van der Waals surface area contributed by atoms with Crippen molar-refractivity contribution in [1.29, 1.82) is 0 Å². The van der Waals surface area contributed by atoms with Crippen molar-refractivity contribution in [3.63, 3.8) is 0 Å². The number of rotatable bonds is 6. The van der Waals surface area contributed by atoms with E-state index in [1.54, 1.807) is 49.6 Å². The Bertz CT molecular complexity index is 748. The Labute approximate surface area is 133 Å². The molecule has 6 heteroatoms. The average Bonchev–Trinajstić information content (AvgIpc) is 2.59. The zero-order chi connectivity index (χ0) is 16.7. The molecule has 1 aromatic heterocycles. The number of aliphatic hydroxyl groups excluding tert-OH is 1. The van der Waals surface area contributed by atoms with Gasteiger partial charge >= 0.3 is 0 Å². The van der Waals surface area contributed by atoms with Gasteiger partial charge in [-0.25, -0.2) is 0 Å². The van der Waals surface area contributed by atoms with Crippen molar-refractivity contribution in [2.75, 3.05) is 20.3 Å². The van der Waals surface area contributed by atoms with Crippen molar-refractivity contribution in [3.05, 3.63) is 64.6 Å². The van der Waals surface area contributed by atoms with Crippen LogP contribution in [0.25, 0.3) is 11.8 Å². The van der Waals surface area contributed by atoms with Crippen molar-refractivity contribution in [1.82, 2.24) is 9.88 Å². The van der Waals surface area contributed by atoms with Crippen LogP contribution in [0.5, 0.6) is 5.75 Å². The van der Waals surface area contributed by atoms with Crippen LogP contribution in [-0.2, 0) is 4.79 Å². The van der Waals surface area contributed by atoms with Crippen LogP contribution in [0.4, 0.5) is 0 Å². The summed E-state index contributed by atoms with van der Waals surface area (Å²) in [6.07, 6.45) is 3.13. The lowest BCUT2D eigenvalue weighted by Crippen LogP contribution is -2.32. The first-order valence-corrected chi connectivity index (χ1v) is 7.08. The van der Waals surface area contributed by atoms with Gasteiger partial charge in [-0.2, -0.15) is 0 Å². The maximum atomic E-state index is 12.3. The van der Waals surface area contributed by atoms with Gasteiger partial charge in [-0.1, -0.05) is 18.2 Å². The standard InChI is InChI=1S/C17H18N2O4/c1-23-14-7-5-13(6-8-14)12-15(17(22)18-9-11-20)19-10-3-2-4-16(19)21/h2-8,10,12,20H,9,11H2,1H3,(H,18,22). The maximum Gasteiger partial charge on any atom is 0.268 e. The summed E-state index contributed by atoms with van der Waals surface area (Å²) >= 11 is 0. The summed E-state index contributed by atoms with van der Waals surface area (Å²) in [5.41, 5.74) is 0.608.